The molecule has 1 saturated carbocycles. The van der Waals surface area contributed by atoms with Crippen molar-refractivity contribution in [3.05, 3.63) is 56.5 Å². The molecule has 1 aromatic heterocycles. The highest BCUT2D eigenvalue weighted by atomic mass is 16.5. The summed E-state index contributed by atoms with van der Waals surface area (Å²) in [4.78, 5) is 19.6. The number of hydrogen-bond acceptors (Lipinski definition) is 3. The molecule has 0 aliphatic heterocycles. The van der Waals surface area contributed by atoms with Gasteiger partial charge in [-0.15, -0.1) is 0 Å². The van der Waals surface area contributed by atoms with E-state index >= 15 is 0 Å². The number of aryl methyl sites for hydroxylation is 2. The summed E-state index contributed by atoms with van der Waals surface area (Å²) in [6.45, 7) is 6.01. The van der Waals surface area contributed by atoms with Crippen LogP contribution in [0.25, 0.3) is 0 Å². The van der Waals surface area contributed by atoms with Crippen molar-refractivity contribution in [2.24, 2.45) is 0 Å². The van der Waals surface area contributed by atoms with E-state index in [1.165, 1.54) is 36.0 Å². The van der Waals surface area contributed by atoms with Gasteiger partial charge in [0, 0.05) is 12.0 Å². The van der Waals surface area contributed by atoms with Crippen LogP contribution in [-0.2, 0) is 6.42 Å². The maximum Gasteiger partial charge on any atom is 0.296 e. The van der Waals surface area contributed by atoms with Gasteiger partial charge in [-0.05, 0) is 52.0 Å². The smallest absolute Gasteiger partial charge is 0.296 e. The number of hydrogen-bond donors (Lipinski definition) is 1. The van der Waals surface area contributed by atoms with E-state index in [0.29, 0.717) is 18.0 Å². The zero-order chi connectivity index (χ0) is 17.1. The topological polar surface area (TPSA) is 55.0 Å². The Morgan fingerprint density at radius 2 is 1.75 bits per heavy atom. The molecule has 128 valence electrons. The summed E-state index contributed by atoms with van der Waals surface area (Å²) in [5.74, 6) is 0. The van der Waals surface area contributed by atoms with E-state index in [1.54, 1.807) is 0 Å². The average molecular weight is 326 g/mol. The second-order valence-electron chi connectivity index (χ2n) is 6.99. The summed E-state index contributed by atoms with van der Waals surface area (Å²) < 4.78 is 5.95. The van der Waals surface area contributed by atoms with Crippen LogP contribution in [0.5, 0.6) is 6.01 Å². The molecular formula is C20H26N2O2. The van der Waals surface area contributed by atoms with Crippen LogP contribution in [0.4, 0.5) is 0 Å². The van der Waals surface area contributed by atoms with Gasteiger partial charge in [0.05, 0.1) is 5.69 Å². The highest BCUT2D eigenvalue weighted by Gasteiger charge is 2.17. The van der Waals surface area contributed by atoms with Gasteiger partial charge in [0.2, 0.25) is 0 Å². The highest BCUT2D eigenvalue weighted by molar-refractivity contribution is 5.33. The SMILES string of the molecule is Cc1cc(C)cc(Cc2nc(OC3CCCCC3)[nH]c(=O)c2C)c1. The lowest BCUT2D eigenvalue weighted by Crippen LogP contribution is -2.24. The van der Waals surface area contributed by atoms with Crippen molar-refractivity contribution in [2.75, 3.05) is 0 Å². The van der Waals surface area contributed by atoms with Crippen LogP contribution < -0.4 is 10.3 Å². The normalized spacial score (nSPS) is 15.5. The van der Waals surface area contributed by atoms with E-state index in [2.05, 4.69) is 42.0 Å². The third-order valence-corrected chi connectivity index (χ3v) is 4.71. The van der Waals surface area contributed by atoms with Crippen molar-refractivity contribution < 1.29 is 4.74 Å². The molecule has 0 unspecified atom stereocenters. The van der Waals surface area contributed by atoms with Gasteiger partial charge >= 0.3 is 0 Å². The predicted molar refractivity (Wildman–Crippen MR) is 95.8 cm³/mol. The van der Waals surface area contributed by atoms with Crippen molar-refractivity contribution >= 4 is 0 Å². The molecule has 1 heterocycles. The van der Waals surface area contributed by atoms with Gasteiger partial charge in [0.15, 0.2) is 0 Å². The molecule has 24 heavy (non-hydrogen) atoms. The zero-order valence-electron chi connectivity index (χ0n) is 14.8. The molecule has 1 N–H and O–H groups in total. The lowest BCUT2D eigenvalue weighted by molar-refractivity contribution is 0.141. The Morgan fingerprint density at radius 1 is 1.08 bits per heavy atom. The number of nitrogens with one attached hydrogen (secondary N) is 1. The van der Waals surface area contributed by atoms with Crippen LogP contribution in [-0.4, -0.2) is 16.1 Å². The Bertz CT molecular complexity index is 753. The summed E-state index contributed by atoms with van der Waals surface area (Å²) in [7, 11) is 0. The quantitative estimate of drug-likeness (QED) is 0.924. The standard InChI is InChI=1S/C20H26N2O2/c1-13-9-14(2)11-16(10-13)12-18-15(3)19(23)22-20(21-18)24-17-7-5-4-6-8-17/h9-11,17H,4-8,12H2,1-3H3,(H,21,22,23). The molecule has 1 aliphatic carbocycles. The Hall–Kier alpha value is -2.10. The van der Waals surface area contributed by atoms with Crippen molar-refractivity contribution in [3.63, 3.8) is 0 Å². The maximum absolute atomic E-state index is 12.3. The minimum atomic E-state index is -0.102. The Balaban J connectivity index is 1.85. The first kappa shape index (κ1) is 16.7. The van der Waals surface area contributed by atoms with Crippen LogP contribution in [0.15, 0.2) is 23.0 Å². The molecule has 4 heteroatoms. The van der Waals surface area contributed by atoms with E-state index in [4.69, 9.17) is 4.74 Å². The molecule has 1 aliphatic rings. The monoisotopic (exact) mass is 326 g/mol. The molecule has 3 rings (SSSR count). The first-order valence-electron chi connectivity index (χ1n) is 8.85. The van der Waals surface area contributed by atoms with Gasteiger partial charge in [0.25, 0.3) is 11.6 Å². The number of nitrogens with zero attached hydrogens (tertiary/aromatic N) is 1. The summed E-state index contributed by atoms with van der Waals surface area (Å²) in [6.07, 6.45) is 6.58. The molecule has 0 bridgehead atoms. The average Bonchev–Trinajstić information content (AvgIpc) is 2.52. The van der Waals surface area contributed by atoms with Crippen LogP contribution in [0.1, 0.15) is 60.1 Å². The Morgan fingerprint density at radius 3 is 2.42 bits per heavy atom. The molecule has 0 atom stereocenters. The third-order valence-electron chi connectivity index (χ3n) is 4.71. The fraction of sp³-hybridized carbons (Fsp3) is 0.500. The number of rotatable bonds is 4. The van der Waals surface area contributed by atoms with Crippen LogP contribution in [0, 0.1) is 20.8 Å². The van der Waals surface area contributed by atoms with Crippen LogP contribution in [0.2, 0.25) is 0 Å². The number of H-pyrrole nitrogens is 1. The molecule has 0 radical (unpaired) electrons. The first-order valence-corrected chi connectivity index (χ1v) is 8.85. The van der Waals surface area contributed by atoms with Gasteiger partial charge in [0.1, 0.15) is 6.10 Å². The lowest BCUT2D eigenvalue weighted by atomic mass is 9.98. The van der Waals surface area contributed by atoms with Crippen molar-refractivity contribution in [1.29, 1.82) is 0 Å². The van der Waals surface area contributed by atoms with E-state index < -0.39 is 0 Å². The first-order chi connectivity index (χ1) is 11.5. The molecule has 4 nitrogen and oxygen atoms in total. The fourth-order valence-corrected chi connectivity index (χ4v) is 3.49. The molecule has 0 spiro atoms. The lowest BCUT2D eigenvalue weighted by Gasteiger charge is -2.22. The highest BCUT2D eigenvalue weighted by Crippen LogP contribution is 2.22. The summed E-state index contributed by atoms with van der Waals surface area (Å²) >= 11 is 0. The molecule has 0 saturated heterocycles. The van der Waals surface area contributed by atoms with Crippen LogP contribution in [0.3, 0.4) is 0 Å². The molecular weight excluding hydrogens is 300 g/mol. The number of ether oxygens (including phenoxy) is 1. The summed E-state index contributed by atoms with van der Waals surface area (Å²) in [6, 6.07) is 6.82. The maximum atomic E-state index is 12.3. The van der Waals surface area contributed by atoms with Crippen molar-refractivity contribution in [3.8, 4) is 6.01 Å². The number of aromatic nitrogens is 2. The minimum absolute atomic E-state index is 0.102. The largest absolute Gasteiger partial charge is 0.461 e. The van der Waals surface area contributed by atoms with E-state index in [-0.39, 0.29) is 11.7 Å². The summed E-state index contributed by atoms with van der Waals surface area (Å²) in [5.41, 5.74) is 5.00. The molecule has 2 aromatic rings. The van der Waals surface area contributed by atoms with Gasteiger partial charge in [-0.25, -0.2) is 4.98 Å². The third kappa shape index (κ3) is 4.05. The van der Waals surface area contributed by atoms with Crippen LogP contribution >= 0.6 is 0 Å². The van der Waals surface area contributed by atoms with Gasteiger partial charge in [-0.2, -0.15) is 0 Å². The Labute approximate surface area is 143 Å². The van der Waals surface area contributed by atoms with Crippen molar-refractivity contribution in [1.82, 2.24) is 9.97 Å². The molecule has 1 aromatic carbocycles. The predicted octanol–water partition coefficient (Wildman–Crippen LogP) is 4.00. The number of benzene rings is 1. The minimum Gasteiger partial charge on any atom is -0.461 e. The summed E-state index contributed by atoms with van der Waals surface area (Å²) in [5, 5.41) is 0. The van der Waals surface area contributed by atoms with Gasteiger partial charge < -0.3 is 4.74 Å². The fourth-order valence-electron chi connectivity index (χ4n) is 3.49. The molecule has 1 fully saturated rings. The van der Waals surface area contributed by atoms with E-state index in [0.717, 1.165) is 18.5 Å². The second-order valence-corrected chi connectivity index (χ2v) is 6.99. The van der Waals surface area contributed by atoms with Gasteiger partial charge in [-0.3, -0.25) is 9.78 Å². The van der Waals surface area contributed by atoms with E-state index in [1.807, 2.05) is 6.92 Å². The van der Waals surface area contributed by atoms with Gasteiger partial charge in [-0.1, -0.05) is 35.7 Å². The van der Waals surface area contributed by atoms with Crippen molar-refractivity contribution in [2.45, 2.75) is 65.4 Å². The number of aromatic amines is 1. The second kappa shape index (κ2) is 7.20. The van der Waals surface area contributed by atoms with E-state index in [9.17, 15) is 4.79 Å². The zero-order valence-corrected chi connectivity index (χ0v) is 14.8. The molecule has 0 amide bonds. The Kier molecular flexibility index (Phi) is 5.03.